The molecule has 2 fully saturated rings. The third-order valence-electron chi connectivity index (χ3n) is 5.15. The molecule has 0 spiro atoms. The number of piperidine rings is 1. The first-order valence-corrected chi connectivity index (χ1v) is 9.69. The molecule has 2 aliphatic rings. The highest BCUT2D eigenvalue weighted by Crippen LogP contribution is 2.38. The number of ether oxygens (including phenoxy) is 3. The number of benzene rings is 1. The van der Waals surface area contributed by atoms with Crippen molar-refractivity contribution in [1.82, 2.24) is 10.2 Å². The van der Waals surface area contributed by atoms with E-state index < -0.39 is 5.91 Å². The van der Waals surface area contributed by atoms with Crippen LogP contribution in [0.15, 0.2) is 12.1 Å². The molecule has 3 amide bonds. The van der Waals surface area contributed by atoms with Gasteiger partial charge in [-0.25, -0.2) is 0 Å². The summed E-state index contributed by atoms with van der Waals surface area (Å²) in [5.41, 5.74) is 5.47. The van der Waals surface area contributed by atoms with Crippen molar-refractivity contribution in [1.29, 1.82) is 0 Å². The predicted octanol–water partition coefficient (Wildman–Crippen LogP) is 0.699. The molecule has 3 rings (SSSR count). The fourth-order valence-corrected chi connectivity index (χ4v) is 3.40. The Morgan fingerprint density at radius 3 is 2.14 bits per heavy atom. The van der Waals surface area contributed by atoms with E-state index in [-0.39, 0.29) is 47.6 Å². The van der Waals surface area contributed by atoms with Crippen LogP contribution in [0.2, 0.25) is 0 Å². The highest BCUT2D eigenvalue weighted by Gasteiger charge is 2.35. The van der Waals surface area contributed by atoms with E-state index >= 15 is 0 Å². The number of hydrogen-bond donors (Lipinski definition) is 2. The van der Waals surface area contributed by atoms with Crippen molar-refractivity contribution in [3.05, 3.63) is 17.7 Å². The lowest BCUT2D eigenvalue weighted by Crippen LogP contribution is -2.47. The Morgan fingerprint density at radius 2 is 1.66 bits per heavy atom. The van der Waals surface area contributed by atoms with Crippen LogP contribution in [0.25, 0.3) is 0 Å². The zero-order valence-corrected chi connectivity index (χ0v) is 16.7. The lowest BCUT2D eigenvalue weighted by atomic mass is 10.0. The molecule has 158 valence electrons. The van der Waals surface area contributed by atoms with Gasteiger partial charge in [0.25, 0.3) is 11.8 Å². The fraction of sp³-hybridized carbons (Fsp3) is 0.550. The Hall–Kier alpha value is -2.97. The van der Waals surface area contributed by atoms with Crippen molar-refractivity contribution >= 4 is 17.7 Å². The van der Waals surface area contributed by atoms with Crippen LogP contribution in [-0.4, -0.2) is 62.6 Å². The monoisotopic (exact) mass is 405 g/mol. The number of methoxy groups -OCH3 is 2. The quantitative estimate of drug-likeness (QED) is 0.657. The summed E-state index contributed by atoms with van der Waals surface area (Å²) < 4.78 is 15.9. The van der Waals surface area contributed by atoms with Crippen LogP contribution in [0.5, 0.6) is 17.2 Å². The molecule has 1 aliphatic carbocycles. The molecule has 0 bridgehead atoms. The molecule has 3 N–H and O–H groups in total. The molecule has 0 unspecified atom stereocenters. The number of amides is 3. The standard InChI is InChI=1S/C20H27N3O6/c1-27-15-9-13(10-16(28-2)18(15)29-11-17(21)24)19(25)22-14-5-7-23(8-6-14)20(26)12-3-4-12/h9-10,12,14H,3-8,11H2,1-2H3,(H2,21,24)(H,22,25). The van der Waals surface area contributed by atoms with Gasteiger partial charge in [0.05, 0.1) is 14.2 Å². The average molecular weight is 405 g/mol. The van der Waals surface area contributed by atoms with Gasteiger partial charge < -0.3 is 30.2 Å². The van der Waals surface area contributed by atoms with E-state index in [4.69, 9.17) is 19.9 Å². The van der Waals surface area contributed by atoms with Crippen LogP contribution >= 0.6 is 0 Å². The Labute approximate surface area is 169 Å². The summed E-state index contributed by atoms with van der Waals surface area (Å²) in [5, 5.41) is 3.01. The molecule has 1 aromatic rings. The van der Waals surface area contributed by atoms with E-state index in [1.54, 1.807) is 0 Å². The zero-order valence-electron chi connectivity index (χ0n) is 16.7. The fourth-order valence-electron chi connectivity index (χ4n) is 3.40. The van der Waals surface area contributed by atoms with Crippen LogP contribution in [0.4, 0.5) is 0 Å². The summed E-state index contributed by atoms with van der Waals surface area (Å²) in [6.45, 7) is 0.982. The first-order chi connectivity index (χ1) is 13.9. The molecule has 1 aromatic carbocycles. The van der Waals surface area contributed by atoms with Gasteiger partial charge in [-0.05, 0) is 37.8 Å². The molecule has 1 saturated heterocycles. The van der Waals surface area contributed by atoms with E-state index in [9.17, 15) is 14.4 Å². The Bertz CT molecular complexity index is 759. The molecule has 9 heteroatoms. The van der Waals surface area contributed by atoms with Crippen molar-refractivity contribution in [3.8, 4) is 17.2 Å². The van der Waals surface area contributed by atoms with E-state index in [2.05, 4.69) is 5.32 Å². The maximum Gasteiger partial charge on any atom is 0.255 e. The predicted molar refractivity (Wildman–Crippen MR) is 104 cm³/mol. The Kier molecular flexibility index (Phi) is 6.46. The van der Waals surface area contributed by atoms with Gasteiger partial charge in [0.2, 0.25) is 11.7 Å². The number of nitrogens with two attached hydrogens (primary N) is 1. The molecule has 1 aliphatic heterocycles. The lowest BCUT2D eigenvalue weighted by Gasteiger charge is -2.32. The smallest absolute Gasteiger partial charge is 0.255 e. The van der Waals surface area contributed by atoms with Crippen LogP contribution < -0.4 is 25.3 Å². The zero-order chi connectivity index (χ0) is 21.0. The third-order valence-corrected chi connectivity index (χ3v) is 5.15. The van der Waals surface area contributed by atoms with Crippen molar-refractivity contribution in [2.24, 2.45) is 11.7 Å². The summed E-state index contributed by atoms with van der Waals surface area (Å²) >= 11 is 0. The number of rotatable bonds is 8. The first-order valence-electron chi connectivity index (χ1n) is 9.69. The molecule has 0 atom stereocenters. The summed E-state index contributed by atoms with van der Waals surface area (Å²) in [7, 11) is 2.86. The Morgan fingerprint density at radius 1 is 1.07 bits per heavy atom. The lowest BCUT2D eigenvalue weighted by molar-refractivity contribution is -0.133. The van der Waals surface area contributed by atoms with E-state index in [1.807, 2.05) is 4.90 Å². The molecule has 1 saturated carbocycles. The molecular weight excluding hydrogens is 378 g/mol. The molecular formula is C20H27N3O6. The average Bonchev–Trinajstić information content (AvgIpc) is 3.56. The SMILES string of the molecule is COc1cc(C(=O)NC2CCN(C(=O)C3CC3)CC2)cc(OC)c1OCC(N)=O. The number of likely N-dealkylation sites (tertiary alicyclic amines) is 1. The minimum atomic E-state index is -0.637. The summed E-state index contributed by atoms with van der Waals surface area (Å²) in [4.78, 5) is 37.8. The number of carbonyl (C=O) groups is 3. The molecule has 9 nitrogen and oxygen atoms in total. The van der Waals surface area contributed by atoms with Gasteiger partial charge >= 0.3 is 0 Å². The topological polar surface area (TPSA) is 120 Å². The molecule has 1 heterocycles. The van der Waals surface area contributed by atoms with Gasteiger partial charge in [0.1, 0.15) is 0 Å². The van der Waals surface area contributed by atoms with Crippen molar-refractivity contribution in [2.75, 3.05) is 33.9 Å². The largest absolute Gasteiger partial charge is 0.493 e. The second-order valence-corrected chi connectivity index (χ2v) is 7.31. The van der Waals surface area contributed by atoms with Gasteiger partial charge in [-0.15, -0.1) is 0 Å². The summed E-state index contributed by atoms with van der Waals surface area (Å²) in [6.07, 6.45) is 3.44. The van der Waals surface area contributed by atoms with Gasteiger partial charge in [-0.2, -0.15) is 0 Å². The number of nitrogens with one attached hydrogen (secondary N) is 1. The number of hydrogen-bond acceptors (Lipinski definition) is 6. The van der Waals surface area contributed by atoms with Gasteiger partial charge in [0, 0.05) is 30.6 Å². The normalized spacial score (nSPS) is 16.8. The highest BCUT2D eigenvalue weighted by molar-refractivity contribution is 5.96. The van der Waals surface area contributed by atoms with Crippen LogP contribution in [-0.2, 0) is 9.59 Å². The Balaban J connectivity index is 1.64. The second-order valence-electron chi connectivity index (χ2n) is 7.31. The van der Waals surface area contributed by atoms with Crippen molar-refractivity contribution < 1.29 is 28.6 Å². The molecule has 0 aromatic heterocycles. The van der Waals surface area contributed by atoms with E-state index in [0.717, 1.165) is 25.7 Å². The number of nitrogens with zero attached hydrogens (tertiary/aromatic N) is 1. The number of carbonyl (C=O) groups excluding carboxylic acids is 3. The van der Waals surface area contributed by atoms with Crippen LogP contribution in [0, 0.1) is 5.92 Å². The van der Waals surface area contributed by atoms with E-state index in [1.165, 1.54) is 26.4 Å². The number of primary amides is 1. The minimum absolute atomic E-state index is 0.00599. The van der Waals surface area contributed by atoms with E-state index in [0.29, 0.717) is 18.7 Å². The summed E-state index contributed by atoms with van der Waals surface area (Å²) in [5.74, 6) is 0.295. The maximum absolute atomic E-state index is 12.7. The van der Waals surface area contributed by atoms with Crippen molar-refractivity contribution in [3.63, 3.8) is 0 Å². The van der Waals surface area contributed by atoms with Gasteiger partial charge in [0.15, 0.2) is 18.1 Å². The third kappa shape index (κ3) is 5.10. The molecule has 0 radical (unpaired) electrons. The minimum Gasteiger partial charge on any atom is -0.493 e. The van der Waals surface area contributed by atoms with Crippen LogP contribution in [0.3, 0.4) is 0 Å². The van der Waals surface area contributed by atoms with Gasteiger partial charge in [-0.3, -0.25) is 14.4 Å². The van der Waals surface area contributed by atoms with Gasteiger partial charge in [-0.1, -0.05) is 0 Å². The molecule has 29 heavy (non-hydrogen) atoms. The van der Waals surface area contributed by atoms with Crippen LogP contribution in [0.1, 0.15) is 36.0 Å². The second kappa shape index (κ2) is 9.02. The first kappa shape index (κ1) is 20.8. The van der Waals surface area contributed by atoms with Crippen molar-refractivity contribution in [2.45, 2.75) is 31.7 Å². The summed E-state index contributed by atoms with van der Waals surface area (Å²) in [6, 6.07) is 3.05. The highest BCUT2D eigenvalue weighted by atomic mass is 16.5. The maximum atomic E-state index is 12.7.